The Hall–Kier alpha value is -3.62. The first kappa shape index (κ1) is 23.5. The van der Waals surface area contributed by atoms with E-state index in [4.69, 9.17) is 9.47 Å². The Kier molecular flexibility index (Phi) is 6.45. The highest BCUT2D eigenvalue weighted by molar-refractivity contribution is 5.68. The first-order chi connectivity index (χ1) is 16.1. The van der Waals surface area contributed by atoms with Crippen molar-refractivity contribution in [2.24, 2.45) is 5.92 Å². The number of benzene rings is 2. The molecule has 0 saturated carbocycles. The Labute approximate surface area is 197 Å². The van der Waals surface area contributed by atoms with Crippen LogP contribution >= 0.6 is 0 Å². The van der Waals surface area contributed by atoms with E-state index in [-0.39, 0.29) is 17.7 Å². The molecule has 0 radical (unpaired) electrons. The van der Waals surface area contributed by atoms with Crippen LogP contribution in [0.3, 0.4) is 0 Å². The van der Waals surface area contributed by atoms with Gasteiger partial charge in [-0.2, -0.15) is 5.10 Å². The van der Waals surface area contributed by atoms with Crippen molar-refractivity contribution in [2.45, 2.75) is 39.2 Å². The van der Waals surface area contributed by atoms with E-state index in [1.165, 1.54) is 10.6 Å². The zero-order valence-electron chi connectivity index (χ0n) is 19.8. The number of likely N-dealkylation sites (tertiary alicyclic amines) is 1. The number of hydrogen-bond donors (Lipinski definition) is 1. The van der Waals surface area contributed by atoms with Crippen molar-refractivity contribution < 1.29 is 18.7 Å². The van der Waals surface area contributed by atoms with Gasteiger partial charge >= 0.3 is 11.8 Å². The summed E-state index contributed by atoms with van der Waals surface area (Å²) in [6.45, 7) is 6.55. The average molecular weight is 469 g/mol. The summed E-state index contributed by atoms with van der Waals surface area (Å²) >= 11 is 0. The number of nitrogens with one attached hydrogen (secondary N) is 1. The minimum absolute atomic E-state index is 0.0839. The number of ether oxygens (including phenoxy) is 2. The molecule has 0 spiro atoms. The number of H-pyrrole nitrogens is 1. The molecule has 1 aromatic heterocycles. The molecule has 1 aliphatic rings. The summed E-state index contributed by atoms with van der Waals surface area (Å²) in [7, 11) is 1.58. The van der Waals surface area contributed by atoms with Crippen molar-refractivity contribution in [3.63, 3.8) is 0 Å². The molecule has 8 nitrogen and oxygen atoms in total. The lowest BCUT2D eigenvalue weighted by atomic mass is 10.0. The van der Waals surface area contributed by atoms with Gasteiger partial charge in [-0.1, -0.05) is 18.2 Å². The number of carbonyl (C=O) groups excluding carboxylic acids is 1. The second-order valence-electron chi connectivity index (χ2n) is 9.46. The fourth-order valence-corrected chi connectivity index (χ4v) is 4.14. The number of hydrogen-bond acceptors (Lipinski definition) is 5. The van der Waals surface area contributed by atoms with Crippen LogP contribution in [0.2, 0.25) is 0 Å². The third kappa shape index (κ3) is 5.13. The van der Waals surface area contributed by atoms with Crippen molar-refractivity contribution >= 4 is 6.09 Å². The Morgan fingerprint density at radius 2 is 1.97 bits per heavy atom. The van der Waals surface area contributed by atoms with Gasteiger partial charge in [0.2, 0.25) is 0 Å². The number of carbonyl (C=O) groups is 1. The molecule has 180 valence electrons. The summed E-state index contributed by atoms with van der Waals surface area (Å²) in [6, 6.07) is 12.1. The van der Waals surface area contributed by atoms with Crippen molar-refractivity contribution in [1.29, 1.82) is 0 Å². The smallest absolute Gasteiger partial charge is 0.410 e. The molecule has 4 rings (SSSR count). The SMILES string of the molecule is COc1cccc(-c2ccc(-n3c(C[C@@H]4CCN(C(=O)OC(C)(C)C)C4)n[nH]c3=O)c(F)c2)c1. The van der Waals surface area contributed by atoms with Crippen molar-refractivity contribution in [3.05, 3.63) is 64.6 Å². The van der Waals surface area contributed by atoms with Gasteiger partial charge in [-0.25, -0.2) is 23.6 Å². The topological polar surface area (TPSA) is 89.4 Å². The Bertz CT molecular complexity index is 1240. The van der Waals surface area contributed by atoms with E-state index in [0.717, 1.165) is 12.0 Å². The van der Waals surface area contributed by atoms with Gasteiger partial charge in [0, 0.05) is 19.5 Å². The largest absolute Gasteiger partial charge is 0.497 e. The quantitative estimate of drug-likeness (QED) is 0.607. The molecular weight excluding hydrogens is 439 g/mol. The molecule has 2 aromatic carbocycles. The highest BCUT2D eigenvalue weighted by atomic mass is 19.1. The molecule has 9 heteroatoms. The summed E-state index contributed by atoms with van der Waals surface area (Å²) in [5.74, 6) is 0.647. The normalized spacial score (nSPS) is 16.0. The lowest BCUT2D eigenvalue weighted by Crippen LogP contribution is -2.35. The molecule has 1 aliphatic heterocycles. The highest BCUT2D eigenvalue weighted by Crippen LogP contribution is 2.28. The molecule has 1 amide bonds. The third-order valence-corrected chi connectivity index (χ3v) is 5.74. The molecule has 0 aliphatic carbocycles. The van der Waals surface area contributed by atoms with Crippen LogP contribution in [-0.4, -0.2) is 51.6 Å². The van der Waals surface area contributed by atoms with Crippen molar-refractivity contribution in [2.75, 3.05) is 20.2 Å². The lowest BCUT2D eigenvalue weighted by molar-refractivity contribution is 0.0288. The van der Waals surface area contributed by atoms with E-state index in [1.54, 1.807) is 24.1 Å². The molecule has 34 heavy (non-hydrogen) atoms. The van der Waals surface area contributed by atoms with Gasteiger partial charge in [0.25, 0.3) is 0 Å². The zero-order chi connectivity index (χ0) is 24.5. The third-order valence-electron chi connectivity index (χ3n) is 5.74. The van der Waals surface area contributed by atoms with Gasteiger partial charge in [-0.05, 0) is 68.5 Å². The minimum Gasteiger partial charge on any atom is -0.497 e. The average Bonchev–Trinajstić information content (AvgIpc) is 3.40. The number of nitrogens with zero attached hydrogens (tertiary/aromatic N) is 3. The molecule has 0 bridgehead atoms. The summed E-state index contributed by atoms with van der Waals surface area (Å²) in [5.41, 5.74) is 0.527. The van der Waals surface area contributed by atoms with Crippen LogP contribution < -0.4 is 10.4 Å². The van der Waals surface area contributed by atoms with Crippen LogP contribution in [0.25, 0.3) is 16.8 Å². The van der Waals surface area contributed by atoms with E-state index in [9.17, 15) is 9.59 Å². The van der Waals surface area contributed by atoms with Crippen LogP contribution in [0.4, 0.5) is 9.18 Å². The molecule has 2 heterocycles. The minimum atomic E-state index is -0.563. The molecule has 1 atom stereocenters. The number of amides is 1. The van der Waals surface area contributed by atoms with E-state index < -0.39 is 17.1 Å². The molecule has 3 aromatic rings. The fourth-order valence-electron chi connectivity index (χ4n) is 4.14. The predicted molar refractivity (Wildman–Crippen MR) is 126 cm³/mol. The lowest BCUT2D eigenvalue weighted by Gasteiger charge is -2.24. The number of rotatable bonds is 5. The van der Waals surface area contributed by atoms with Crippen LogP contribution in [0.1, 0.15) is 33.0 Å². The molecule has 1 saturated heterocycles. The Morgan fingerprint density at radius 1 is 1.21 bits per heavy atom. The Morgan fingerprint density at radius 3 is 2.68 bits per heavy atom. The van der Waals surface area contributed by atoms with E-state index in [0.29, 0.717) is 36.6 Å². The maximum absolute atomic E-state index is 15.2. The van der Waals surface area contributed by atoms with Gasteiger partial charge in [0.15, 0.2) is 0 Å². The van der Waals surface area contributed by atoms with Crippen molar-refractivity contribution in [3.8, 4) is 22.6 Å². The summed E-state index contributed by atoms with van der Waals surface area (Å²) in [5, 5.41) is 6.57. The van der Waals surface area contributed by atoms with Crippen LogP contribution in [0.15, 0.2) is 47.3 Å². The monoisotopic (exact) mass is 468 g/mol. The van der Waals surface area contributed by atoms with Crippen LogP contribution in [0.5, 0.6) is 5.75 Å². The first-order valence-electron chi connectivity index (χ1n) is 11.2. The molecule has 1 fully saturated rings. The summed E-state index contributed by atoms with van der Waals surface area (Å²) in [4.78, 5) is 26.5. The maximum atomic E-state index is 15.2. The van der Waals surface area contributed by atoms with Gasteiger partial charge in [-0.3, -0.25) is 0 Å². The second kappa shape index (κ2) is 9.32. The standard InChI is InChI=1S/C25H29FN4O4/c1-25(2,3)34-24(32)29-11-10-16(15-29)12-22-27-28-23(31)30(22)21-9-8-18(14-20(21)26)17-6-5-7-19(13-17)33-4/h5-9,13-14,16H,10-12,15H2,1-4H3,(H,28,31)/t16-/m0/s1. The highest BCUT2D eigenvalue weighted by Gasteiger charge is 2.31. The van der Waals surface area contributed by atoms with Crippen LogP contribution in [-0.2, 0) is 11.2 Å². The molecule has 1 N–H and O–H groups in total. The van der Waals surface area contributed by atoms with Gasteiger partial charge in [0.1, 0.15) is 23.0 Å². The first-order valence-corrected chi connectivity index (χ1v) is 11.2. The summed E-state index contributed by atoms with van der Waals surface area (Å²) < 4.78 is 27.1. The van der Waals surface area contributed by atoms with Gasteiger partial charge < -0.3 is 14.4 Å². The zero-order valence-corrected chi connectivity index (χ0v) is 19.8. The van der Waals surface area contributed by atoms with E-state index >= 15 is 4.39 Å². The van der Waals surface area contributed by atoms with E-state index in [1.807, 2.05) is 45.0 Å². The number of aromatic nitrogens is 3. The predicted octanol–water partition coefficient (Wildman–Crippen LogP) is 4.17. The van der Waals surface area contributed by atoms with Gasteiger partial charge in [0.05, 0.1) is 12.8 Å². The van der Waals surface area contributed by atoms with E-state index in [2.05, 4.69) is 10.2 Å². The van der Waals surface area contributed by atoms with Gasteiger partial charge in [-0.15, -0.1) is 0 Å². The second-order valence-corrected chi connectivity index (χ2v) is 9.46. The molecule has 0 unspecified atom stereocenters. The summed E-state index contributed by atoms with van der Waals surface area (Å²) in [6.07, 6.45) is 0.820. The fraction of sp³-hybridized carbons (Fsp3) is 0.400. The van der Waals surface area contributed by atoms with Crippen molar-refractivity contribution in [1.82, 2.24) is 19.7 Å². The van der Waals surface area contributed by atoms with Crippen LogP contribution in [0, 0.1) is 11.7 Å². The number of aromatic amines is 1. The Balaban J connectivity index is 1.53. The number of halogens is 1. The number of methoxy groups -OCH3 is 1. The maximum Gasteiger partial charge on any atom is 0.410 e. The molecular formula is C25H29FN4O4.